The predicted octanol–water partition coefficient (Wildman–Crippen LogP) is 2.43. The van der Waals surface area contributed by atoms with Gasteiger partial charge in [0.25, 0.3) is 0 Å². The van der Waals surface area contributed by atoms with E-state index in [4.69, 9.17) is 9.63 Å². The number of aromatic carboxylic acids is 1. The molecule has 0 fully saturated rings. The van der Waals surface area contributed by atoms with Gasteiger partial charge in [-0.05, 0) is 19.1 Å². The van der Waals surface area contributed by atoms with Crippen LogP contribution in [0.4, 0.5) is 10.1 Å². The Labute approximate surface area is 102 Å². The Bertz CT molecular complexity index is 580. The number of carboxylic acids is 1. The van der Waals surface area contributed by atoms with E-state index in [1.807, 2.05) is 0 Å². The first kappa shape index (κ1) is 12.1. The molecule has 18 heavy (non-hydrogen) atoms. The van der Waals surface area contributed by atoms with Crippen LogP contribution in [0.1, 0.15) is 21.8 Å². The highest BCUT2D eigenvalue weighted by Crippen LogP contribution is 2.19. The molecule has 6 heteroatoms. The number of rotatable bonds is 4. The third kappa shape index (κ3) is 2.48. The van der Waals surface area contributed by atoms with E-state index in [9.17, 15) is 9.18 Å². The molecule has 0 aliphatic heterocycles. The first-order valence-electron chi connectivity index (χ1n) is 5.26. The Morgan fingerprint density at radius 3 is 2.94 bits per heavy atom. The zero-order valence-corrected chi connectivity index (χ0v) is 9.61. The van der Waals surface area contributed by atoms with Gasteiger partial charge in [0, 0.05) is 6.07 Å². The molecule has 1 aromatic carbocycles. The molecule has 0 aliphatic carbocycles. The Balaban J connectivity index is 2.19. The van der Waals surface area contributed by atoms with E-state index in [2.05, 4.69) is 10.5 Å². The average molecular weight is 250 g/mol. The van der Waals surface area contributed by atoms with E-state index >= 15 is 0 Å². The molecule has 2 aromatic rings. The lowest BCUT2D eigenvalue weighted by Crippen LogP contribution is -2.08. The highest BCUT2D eigenvalue weighted by atomic mass is 19.1. The molecule has 1 aromatic heterocycles. The maximum atomic E-state index is 13.4. The Hall–Kier alpha value is -2.37. The quantitative estimate of drug-likeness (QED) is 0.871. The number of halogens is 1. The van der Waals surface area contributed by atoms with E-state index in [1.54, 1.807) is 13.0 Å². The second-order valence-corrected chi connectivity index (χ2v) is 3.76. The summed E-state index contributed by atoms with van der Waals surface area (Å²) in [5.41, 5.74) is 0.551. The van der Waals surface area contributed by atoms with Gasteiger partial charge in [-0.3, -0.25) is 0 Å². The molecule has 0 radical (unpaired) electrons. The van der Waals surface area contributed by atoms with Crippen molar-refractivity contribution in [3.8, 4) is 0 Å². The minimum absolute atomic E-state index is 0.205. The molecule has 0 amide bonds. The third-order valence-corrected chi connectivity index (χ3v) is 2.36. The van der Waals surface area contributed by atoms with Crippen LogP contribution in [0, 0.1) is 12.7 Å². The summed E-state index contributed by atoms with van der Waals surface area (Å²) in [6.45, 7) is 2.02. The van der Waals surface area contributed by atoms with Crippen molar-refractivity contribution in [2.24, 2.45) is 0 Å². The number of carbonyl (C=O) groups is 1. The van der Waals surface area contributed by atoms with Crippen molar-refractivity contribution in [2.45, 2.75) is 13.5 Å². The molecular formula is C12H11FN2O3. The Morgan fingerprint density at radius 2 is 2.33 bits per heavy atom. The molecule has 0 aliphatic rings. The lowest BCUT2D eigenvalue weighted by molar-refractivity contribution is 0.0693. The van der Waals surface area contributed by atoms with Crippen molar-refractivity contribution in [3.63, 3.8) is 0 Å². The zero-order chi connectivity index (χ0) is 13.1. The van der Waals surface area contributed by atoms with Crippen LogP contribution in [0.2, 0.25) is 0 Å². The first-order valence-corrected chi connectivity index (χ1v) is 5.26. The third-order valence-electron chi connectivity index (χ3n) is 2.36. The van der Waals surface area contributed by atoms with Crippen molar-refractivity contribution in [2.75, 3.05) is 5.32 Å². The smallest absolute Gasteiger partial charge is 0.340 e. The molecule has 2 N–H and O–H groups in total. The minimum Gasteiger partial charge on any atom is -0.478 e. The lowest BCUT2D eigenvalue weighted by Gasteiger charge is -2.08. The molecule has 0 bridgehead atoms. The fraction of sp³-hybridized carbons (Fsp3) is 0.167. The van der Waals surface area contributed by atoms with Crippen molar-refractivity contribution < 1.29 is 18.8 Å². The summed E-state index contributed by atoms with van der Waals surface area (Å²) in [4.78, 5) is 10.9. The van der Waals surface area contributed by atoms with Crippen LogP contribution in [0.25, 0.3) is 0 Å². The predicted molar refractivity (Wildman–Crippen MR) is 61.9 cm³/mol. The summed E-state index contributed by atoms with van der Waals surface area (Å²) in [6.07, 6.45) is 0. The summed E-state index contributed by atoms with van der Waals surface area (Å²) in [7, 11) is 0. The summed E-state index contributed by atoms with van der Waals surface area (Å²) in [5.74, 6) is -1.54. The monoisotopic (exact) mass is 250 g/mol. The molecule has 1 heterocycles. The van der Waals surface area contributed by atoms with Gasteiger partial charge in [-0.15, -0.1) is 0 Å². The molecule has 0 saturated carbocycles. The van der Waals surface area contributed by atoms with Crippen molar-refractivity contribution in [1.29, 1.82) is 0 Å². The molecule has 2 rings (SSSR count). The number of nitrogens with zero attached hydrogens (tertiary/aromatic N) is 1. The largest absolute Gasteiger partial charge is 0.478 e. The topological polar surface area (TPSA) is 75.4 Å². The second-order valence-electron chi connectivity index (χ2n) is 3.76. The molecule has 0 atom stereocenters. The number of hydrogen-bond donors (Lipinski definition) is 2. The summed E-state index contributed by atoms with van der Waals surface area (Å²) in [6, 6.07) is 5.76. The number of aryl methyl sites for hydroxylation is 1. The van der Waals surface area contributed by atoms with E-state index in [0.717, 1.165) is 11.8 Å². The molecule has 5 nitrogen and oxygen atoms in total. The number of hydrogen-bond acceptors (Lipinski definition) is 4. The van der Waals surface area contributed by atoms with Crippen LogP contribution >= 0.6 is 0 Å². The molecular weight excluding hydrogens is 239 g/mol. The van der Waals surface area contributed by atoms with Gasteiger partial charge in [-0.2, -0.15) is 0 Å². The van der Waals surface area contributed by atoms with E-state index in [-0.39, 0.29) is 17.8 Å². The maximum Gasteiger partial charge on any atom is 0.340 e. The molecule has 0 unspecified atom stereocenters. The summed E-state index contributed by atoms with van der Waals surface area (Å²) >= 11 is 0. The van der Waals surface area contributed by atoms with Gasteiger partial charge in [-0.1, -0.05) is 11.2 Å². The van der Waals surface area contributed by atoms with Crippen LogP contribution in [-0.4, -0.2) is 16.2 Å². The molecule has 0 spiro atoms. The van der Waals surface area contributed by atoms with E-state index in [0.29, 0.717) is 5.76 Å². The van der Waals surface area contributed by atoms with Crippen molar-refractivity contribution in [1.82, 2.24) is 5.16 Å². The lowest BCUT2D eigenvalue weighted by atomic mass is 10.1. The standard InChI is InChI=1S/C12H11FN2O3/c1-7-5-8(18-15-7)6-14-10-4-2-3-9(13)11(10)12(16)17/h2-5,14H,6H2,1H3,(H,16,17). The van der Waals surface area contributed by atoms with Gasteiger partial charge < -0.3 is 14.9 Å². The normalized spacial score (nSPS) is 10.3. The van der Waals surface area contributed by atoms with E-state index < -0.39 is 11.8 Å². The van der Waals surface area contributed by atoms with Crippen molar-refractivity contribution >= 4 is 11.7 Å². The van der Waals surface area contributed by atoms with Gasteiger partial charge in [0.05, 0.1) is 17.9 Å². The number of carboxylic acid groups (broad SMARTS) is 1. The van der Waals surface area contributed by atoms with Crippen LogP contribution in [0.5, 0.6) is 0 Å². The van der Waals surface area contributed by atoms with Crippen LogP contribution in [0.15, 0.2) is 28.8 Å². The second kappa shape index (κ2) is 4.87. The number of nitrogens with one attached hydrogen (secondary N) is 1. The number of aromatic nitrogens is 1. The SMILES string of the molecule is Cc1cc(CNc2cccc(F)c2C(=O)O)on1. The van der Waals surface area contributed by atoms with Gasteiger partial charge in [-0.25, -0.2) is 9.18 Å². The summed E-state index contributed by atoms with van der Waals surface area (Å²) < 4.78 is 18.3. The van der Waals surface area contributed by atoms with Gasteiger partial charge in [0.2, 0.25) is 0 Å². The van der Waals surface area contributed by atoms with Crippen LogP contribution < -0.4 is 5.32 Å². The van der Waals surface area contributed by atoms with Gasteiger partial charge in [0.1, 0.15) is 11.4 Å². The summed E-state index contributed by atoms with van der Waals surface area (Å²) in [5, 5.41) is 15.4. The first-order chi connectivity index (χ1) is 8.58. The van der Waals surface area contributed by atoms with Crippen LogP contribution in [-0.2, 0) is 6.54 Å². The van der Waals surface area contributed by atoms with Gasteiger partial charge >= 0.3 is 5.97 Å². The van der Waals surface area contributed by atoms with E-state index in [1.165, 1.54) is 12.1 Å². The molecule has 94 valence electrons. The average Bonchev–Trinajstić information content (AvgIpc) is 2.72. The minimum atomic E-state index is -1.32. The van der Waals surface area contributed by atoms with Gasteiger partial charge in [0.15, 0.2) is 5.76 Å². The van der Waals surface area contributed by atoms with Crippen molar-refractivity contribution in [3.05, 3.63) is 47.1 Å². The zero-order valence-electron chi connectivity index (χ0n) is 9.61. The number of anilines is 1. The fourth-order valence-corrected chi connectivity index (χ4v) is 1.57. The van der Waals surface area contributed by atoms with Crippen LogP contribution in [0.3, 0.4) is 0 Å². The highest BCUT2D eigenvalue weighted by molar-refractivity contribution is 5.94. The fourth-order valence-electron chi connectivity index (χ4n) is 1.57. The Morgan fingerprint density at radius 1 is 1.56 bits per heavy atom. The number of benzene rings is 1. The highest BCUT2D eigenvalue weighted by Gasteiger charge is 2.15. The Kier molecular flexibility index (Phi) is 3.27. The maximum absolute atomic E-state index is 13.4. The molecule has 0 saturated heterocycles.